The lowest BCUT2D eigenvalue weighted by Gasteiger charge is -2.38. The lowest BCUT2D eigenvalue weighted by atomic mass is 9.87. The van der Waals surface area contributed by atoms with Gasteiger partial charge in [-0.2, -0.15) is 0 Å². The Kier molecular flexibility index (Phi) is 3.03. The molecule has 2 aliphatic rings. The highest BCUT2D eigenvalue weighted by molar-refractivity contribution is 5.88. The van der Waals surface area contributed by atoms with Crippen molar-refractivity contribution in [2.75, 3.05) is 4.90 Å². The van der Waals surface area contributed by atoms with Gasteiger partial charge in [-0.05, 0) is 51.6 Å². The highest BCUT2D eigenvalue weighted by Crippen LogP contribution is 2.49. The first-order valence-electron chi connectivity index (χ1n) is 9.41. The van der Waals surface area contributed by atoms with Crippen LogP contribution in [0, 0.1) is 0 Å². The summed E-state index contributed by atoms with van der Waals surface area (Å²) in [5.74, 6) is 1.07. The quantitative estimate of drug-likeness (QED) is 0.361. The Hall–Kier alpha value is -3.39. The standard InChI is InChI=1S/C25H18N2/c1-2-6-17(7-3-1)18-11-12-23-22(14-18)16-20-9-4-8-19-15-21-10-5-13-26-25(21)27(23)24(19)20/h1-14H,15-16H2. The van der Waals surface area contributed by atoms with Gasteiger partial charge in [0.1, 0.15) is 5.82 Å². The molecule has 0 spiro atoms. The van der Waals surface area contributed by atoms with Gasteiger partial charge >= 0.3 is 0 Å². The molecule has 1 aromatic heterocycles. The van der Waals surface area contributed by atoms with Gasteiger partial charge in [0.2, 0.25) is 0 Å². The predicted molar refractivity (Wildman–Crippen MR) is 110 cm³/mol. The van der Waals surface area contributed by atoms with Crippen molar-refractivity contribution in [3.8, 4) is 11.1 Å². The van der Waals surface area contributed by atoms with Crippen LogP contribution in [0.15, 0.2) is 85.1 Å². The molecule has 2 heteroatoms. The van der Waals surface area contributed by atoms with Gasteiger partial charge in [0, 0.05) is 19.0 Å². The van der Waals surface area contributed by atoms with Crippen molar-refractivity contribution < 1.29 is 0 Å². The molecule has 0 fully saturated rings. The number of hydrogen-bond acceptors (Lipinski definition) is 2. The van der Waals surface area contributed by atoms with E-state index in [4.69, 9.17) is 4.98 Å². The van der Waals surface area contributed by atoms with Crippen LogP contribution in [0.3, 0.4) is 0 Å². The van der Waals surface area contributed by atoms with Gasteiger partial charge in [0.25, 0.3) is 0 Å². The number of hydrogen-bond donors (Lipinski definition) is 0. The van der Waals surface area contributed by atoms with Gasteiger partial charge in [0.05, 0.1) is 11.4 Å². The predicted octanol–water partition coefficient (Wildman–Crippen LogP) is 6.03. The summed E-state index contributed by atoms with van der Waals surface area (Å²) in [7, 11) is 0. The zero-order chi connectivity index (χ0) is 17.8. The van der Waals surface area contributed by atoms with Crippen LogP contribution in [0.1, 0.15) is 22.3 Å². The summed E-state index contributed by atoms with van der Waals surface area (Å²) in [6.07, 6.45) is 3.83. The van der Waals surface area contributed by atoms with Crippen LogP contribution in [0.4, 0.5) is 17.2 Å². The minimum Gasteiger partial charge on any atom is -0.294 e. The van der Waals surface area contributed by atoms with Crippen molar-refractivity contribution >= 4 is 17.2 Å². The molecule has 6 rings (SSSR count). The lowest BCUT2D eigenvalue weighted by Crippen LogP contribution is -2.25. The molecule has 0 radical (unpaired) electrons. The van der Waals surface area contributed by atoms with Gasteiger partial charge in [-0.25, -0.2) is 4.98 Å². The third-order valence-electron chi connectivity index (χ3n) is 5.70. The van der Waals surface area contributed by atoms with Crippen LogP contribution in [-0.2, 0) is 12.8 Å². The molecule has 4 aromatic rings. The van der Waals surface area contributed by atoms with E-state index in [0.29, 0.717) is 0 Å². The van der Waals surface area contributed by atoms with Crippen molar-refractivity contribution in [3.05, 3.63) is 107 Å². The fourth-order valence-electron chi connectivity index (χ4n) is 4.49. The number of fused-ring (bicyclic) bond motifs is 4. The van der Waals surface area contributed by atoms with Crippen molar-refractivity contribution in [3.63, 3.8) is 0 Å². The van der Waals surface area contributed by atoms with E-state index in [0.717, 1.165) is 18.7 Å². The molecule has 0 aliphatic carbocycles. The first-order valence-corrected chi connectivity index (χ1v) is 9.41. The number of para-hydroxylation sites is 1. The maximum Gasteiger partial charge on any atom is 0.141 e. The molecule has 0 N–H and O–H groups in total. The molecular formula is C25H18N2. The van der Waals surface area contributed by atoms with Crippen LogP contribution >= 0.6 is 0 Å². The first kappa shape index (κ1) is 14.7. The van der Waals surface area contributed by atoms with E-state index in [2.05, 4.69) is 77.7 Å². The van der Waals surface area contributed by atoms with Crippen molar-refractivity contribution in [1.82, 2.24) is 4.98 Å². The number of pyridine rings is 1. The Labute approximate surface area is 158 Å². The Morgan fingerprint density at radius 1 is 0.630 bits per heavy atom. The van der Waals surface area contributed by atoms with E-state index in [1.807, 2.05) is 12.3 Å². The molecule has 0 amide bonds. The molecule has 0 unspecified atom stereocenters. The van der Waals surface area contributed by atoms with Crippen LogP contribution in [0.5, 0.6) is 0 Å². The maximum atomic E-state index is 4.75. The molecule has 0 saturated carbocycles. The number of benzene rings is 3. The van der Waals surface area contributed by atoms with E-state index in [1.54, 1.807) is 0 Å². The topological polar surface area (TPSA) is 16.1 Å². The van der Waals surface area contributed by atoms with Gasteiger partial charge in [-0.15, -0.1) is 0 Å². The average Bonchev–Trinajstić information content (AvgIpc) is 2.74. The second-order valence-corrected chi connectivity index (χ2v) is 7.31. The number of aromatic nitrogens is 1. The zero-order valence-electron chi connectivity index (χ0n) is 14.9. The summed E-state index contributed by atoms with van der Waals surface area (Å²) in [6.45, 7) is 0. The molecule has 3 heterocycles. The number of anilines is 3. The van der Waals surface area contributed by atoms with E-state index in [-0.39, 0.29) is 0 Å². The van der Waals surface area contributed by atoms with Gasteiger partial charge in [-0.3, -0.25) is 4.90 Å². The number of rotatable bonds is 1. The van der Waals surface area contributed by atoms with Crippen molar-refractivity contribution in [1.29, 1.82) is 0 Å². The molecule has 0 atom stereocenters. The van der Waals surface area contributed by atoms with Crippen LogP contribution < -0.4 is 4.90 Å². The Morgan fingerprint density at radius 2 is 1.41 bits per heavy atom. The second-order valence-electron chi connectivity index (χ2n) is 7.31. The SMILES string of the molecule is c1ccc(-c2ccc3c(c2)Cc2cccc4c2N3c2ncccc2C4)cc1. The smallest absolute Gasteiger partial charge is 0.141 e. The third-order valence-corrected chi connectivity index (χ3v) is 5.70. The van der Waals surface area contributed by atoms with E-state index >= 15 is 0 Å². The summed E-state index contributed by atoms with van der Waals surface area (Å²) in [5.41, 5.74) is 10.6. The van der Waals surface area contributed by atoms with Crippen molar-refractivity contribution in [2.45, 2.75) is 12.8 Å². The molecule has 128 valence electrons. The highest BCUT2D eigenvalue weighted by atomic mass is 15.2. The average molecular weight is 346 g/mol. The molecule has 27 heavy (non-hydrogen) atoms. The minimum absolute atomic E-state index is 0.959. The summed E-state index contributed by atoms with van der Waals surface area (Å²) in [4.78, 5) is 7.12. The van der Waals surface area contributed by atoms with E-state index in [9.17, 15) is 0 Å². The maximum absolute atomic E-state index is 4.75. The molecule has 3 aromatic carbocycles. The largest absolute Gasteiger partial charge is 0.294 e. The lowest BCUT2D eigenvalue weighted by molar-refractivity contribution is 0.982. The van der Waals surface area contributed by atoms with Gasteiger partial charge < -0.3 is 0 Å². The monoisotopic (exact) mass is 346 g/mol. The van der Waals surface area contributed by atoms with E-state index < -0.39 is 0 Å². The summed E-state index contributed by atoms with van der Waals surface area (Å²) >= 11 is 0. The summed E-state index contributed by atoms with van der Waals surface area (Å²) in [6, 6.07) is 28.4. The third kappa shape index (κ3) is 2.16. The van der Waals surface area contributed by atoms with Crippen LogP contribution in [0.25, 0.3) is 11.1 Å². The molecule has 2 aliphatic heterocycles. The second kappa shape index (κ2) is 5.55. The highest BCUT2D eigenvalue weighted by Gasteiger charge is 2.31. The van der Waals surface area contributed by atoms with Crippen LogP contribution in [0.2, 0.25) is 0 Å². The molecular weight excluding hydrogens is 328 g/mol. The molecule has 0 bridgehead atoms. The van der Waals surface area contributed by atoms with E-state index in [1.165, 1.54) is 44.8 Å². The fraction of sp³-hybridized carbons (Fsp3) is 0.0800. The zero-order valence-corrected chi connectivity index (χ0v) is 14.9. The normalized spacial score (nSPS) is 13.6. The summed E-state index contributed by atoms with van der Waals surface area (Å²) in [5, 5.41) is 0. The fourth-order valence-corrected chi connectivity index (χ4v) is 4.49. The molecule has 0 saturated heterocycles. The summed E-state index contributed by atoms with van der Waals surface area (Å²) < 4.78 is 0. The van der Waals surface area contributed by atoms with Crippen molar-refractivity contribution in [2.24, 2.45) is 0 Å². The Balaban J connectivity index is 1.58. The Bertz CT molecular complexity index is 1180. The van der Waals surface area contributed by atoms with Crippen LogP contribution in [-0.4, -0.2) is 4.98 Å². The van der Waals surface area contributed by atoms with Gasteiger partial charge in [0.15, 0.2) is 0 Å². The van der Waals surface area contributed by atoms with Gasteiger partial charge in [-0.1, -0.05) is 60.7 Å². The number of nitrogens with zero attached hydrogens (tertiary/aromatic N) is 2. The Morgan fingerprint density at radius 3 is 2.26 bits per heavy atom. The molecule has 2 nitrogen and oxygen atoms in total. The minimum atomic E-state index is 0.959. The first-order chi connectivity index (χ1) is 13.4.